The van der Waals surface area contributed by atoms with Crippen LogP contribution in [0.15, 0.2) is 0 Å². The molecule has 2 radical (unpaired) electrons. The van der Waals surface area contributed by atoms with Crippen molar-refractivity contribution in [1.82, 2.24) is 3.48 Å². The molecule has 0 fully saturated rings. The average molecular weight is 181 g/mol. The molecule has 0 aliphatic rings. The van der Waals surface area contributed by atoms with Crippen LogP contribution < -0.4 is 9.21 Å². The number of hydrogen-bond donors (Lipinski definition) is 2. The molecule has 0 atom stereocenters. The fourth-order valence-electron chi connectivity index (χ4n) is 0. The van der Waals surface area contributed by atoms with E-state index in [-0.39, 0.29) is 0 Å². The Bertz CT molecular complexity index is 44.9. The Balaban J connectivity index is 2.85. The third kappa shape index (κ3) is 4.09. The number of nitrogens with one attached hydrogen (secondary N) is 1. The molecule has 3 nitrogen and oxygen atoms in total. The summed E-state index contributed by atoms with van der Waals surface area (Å²) in [5.74, 6) is 0. The molecule has 3 N–H and O–H groups in total. The first-order valence-electron chi connectivity index (χ1n) is 0.966. The summed E-state index contributed by atoms with van der Waals surface area (Å²) < 4.78 is 2.22. The third-order valence-corrected chi connectivity index (χ3v) is 0.739. The molecule has 0 spiro atoms. The molecule has 28 valence electrons. The van der Waals surface area contributed by atoms with Crippen molar-refractivity contribution in [3.8, 4) is 0 Å². The first-order chi connectivity index (χ1) is 2.27. The summed E-state index contributed by atoms with van der Waals surface area (Å²) in [6.45, 7) is 0. The molecule has 0 unspecified atom stereocenters. The topological polar surface area (TPSA) is 55.1 Å². The van der Waals surface area contributed by atoms with Gasteiger partial charge >= 0.3 is 43.3 Å². The second-order valence-electron chi connectivity index (χ2n) is 0.476. The second-order valence-corrected chi connectivity index (χ2v) is 1.11. The van der Waals surface area contributed by atoms with Gasteiger partial charge in [0.25, 0.3) is 0 Å². The van der Waals surface area contributed by atoms with Gasteiger partial charge in [-0.1, -0.05) is 0 Å². The summed E-state index contributed by atoms with van der Waals surface area (Å²) in [4.78, 5) is 9.49. The van der Waals surface area contributed by atoms with Gasteiger partial charge in [0.2, 0.25) is 0 Å². The maximum atomic E-state index is 9.49. The first kappa shape index (κ1) is 5.09. The van der Waals surface area contributed by atoms with Crippen molar-refractivity contribution in [2.75, 3.05) is 0 Å². The Labute approximate surface area is 43.8 Å². The fraction of sp³-hybridized carbons (Fsp3) is 0. The number of urea groups is 1. The van der Waals surface area contributed by atoms with Gasteiger partial charge in [0.1, 0.15) is 0 Å². The summed E-state index contributed by atoms with van der Waals surface area (Å²) in [5, 5.41) is 0. The van der Waals surface area contributed by atoms with Crippen molar-refractivity contribution in [2.45, 2.75) is 0 Å². The van der Waals surface area contributed by atoms with Gasteiger partial charge in [0.15, 0.2) is 0 Å². The molecule has 4 heteroatoms. The minimum atomic E-state index is -0.473. The van der Waals surface area contributed by atoms with Gasteiger partial charge in [0, 0.05) is 0 Å². The third-order valence-electron chi connectivity index (χ3n) is 0.110. The van der Waals surface area contributed by atoms with E-state index in [1.165, 1.54) is 23.3 Å². The second kappa shape index (κ2) is 2.33. The van der Waals surface area contributed by atoms with E-state index < -0.39 is 6.03 Å². The van der Waals surface area contributed by atoms with E-state index >= 15 is 0 Å². The van der Waals surface area contributed by atoms with Crippen molar-refractivity contribution in [2.24, 2.45) is 5.73 Å². The van der Waals surface area contributed by atoms with Crippen molar-refractivity contribution in [3.05, 3.63) is 0 Å². The van der Waals surface area contributed by atoms with Crippen LogP contribution in [0.5, 0.6) is 0 Å². The molecule has 0 rings (SSSR count). The van der Waals surface area contributed by atoms with E-state index in [9.17, 15) is 4.79 Å². The van der Waals surface area contributed by atoms with Crippen LogP contribution in [0.1, 0.15) is 0 Å². The molecule has 5 heavy (non-hydrogen) atoms. The van der Waals surface area contributed by atoms with Gasteiger partial charge in [-0.2, -0.15) is 0 Å². The summed E-state index contributed by atoms with van der Waals surface area (Å²) in [6.07, 6.45) is 0. The molecular weight excluding hydrogens is 178 g/mol. The predicted molar refractivity (Wildman–Crippen MR) is 18.5 cm³/mol. The van der Waals surface area contributed by atoms with Gasteiger partial charge in [-0.15, -0.1) is 0 Å². The zero-order valence-electron chi connectivity index (χ0n) is 2.43. The van der Waals surface area contributed by atoms with Crippen LogP contribution in [-0.4, -0.2) is 29.3 Å². The Morgan fingerprint density at radius 2 is 2.20 bits per heavy atom. The Kier molecular flexibility index (Phi) is 2.37. The Morgan fingerprint density at radius 1 is 2.00 bits per heavy atom. The minimum absolute atomic E-state index is 0.473. The normalized spacial score (nSPS) is 6.60. The van der Waals surface area contributed by atoms with Crippen LogP contribution >= 0.6 is 0 Å². The number of amides is 2. The molecule has 0 heterocycles. The standard InChI is InChI=1S/CH4N2O.Sb/c2-1(3)4;/h(H4,2,3,4);/q;+1/p-1. The van der Waals surface area contributed by atoms with Crippen molar-refractivity contribution in [3.63, 3.8) is 0 Å². The summed E-state index contributed by atoms with van der Waals surface area (Å²) in [7, 11) is 0. The Morgan fingerprint density at radius 3 is 2.20 bits per heavy atom. The fourth-order valence-corrected chi connectivity index (χ4v) is 0. The van der Waals surface area contributed by atoms with Crippen molar-refractivity contribution >= 4 is 29.3 Å². The summed E-state index contributed by atoms with van der Waals surface area (Å²) in [5.41, 5.74) is 4.55. The number of rotatable bonds is 0. The SMILES string of the molecule is NC(=O)[NH][Sb]. The number of carbonyl (C=O) groups is 1. The quantitative estimate of drug-likeness (QED) is 0.450. The van der Waals surface area contributed by atoms with Crippen LogP contribution in [0.25, 0.3) is 0 Å². The molecule has 0 aliphatic heterocycles. The van der Waals surface area contributed by atoms with Crippen LogP contribution in [0, 0.1) is 0 Å². The molecular formula is CH3N2OSb. The molecule has 2 amide bonds. The Hall–Kier alpha value is 0.0882. The van der Waals surface area contributed by atoms with Gasteiger partial charge < -0.3 is 0 Å². The van der Waals surface area contributed by atoms with Gasteiger partial charge in [-0.3, -0.25) is 0 Å². The zero-order valence-corrected chi connectivity index (χ0v) is 4.99. The van der Waals surface area contributed by atoms with E-state index in [0.29, 0.717) is 0 Å². The van der Waals surface area contributed by atoms with E-state index in [4.69, 9.17) is 0 Å². The number of primary amides is 1. The summed E-state index contributed by atoms with van der Waals surface area (Å²) >= 11 is 1.18. The molecule has 0 aromatic heterocycles. The van der Waals surface area contributed by atoms with Crippen molar-refractivity contribution < 1.29 is 4.79 Å². The first-order valence-corrected chi connectivity index (χ1v) is 2.24. The van der Waals surface area contributed by atoms with Crippen molar-refractivity contribution in [1.29, 1.82) is 0 Å². The molecule has 0 aliphatic carbocycles. The number of hydrogen-bond acceptors (Lipinski definition) is 1. The monoisotopic (exact) mass is 180 g/mol. The molecule has 0 aromatic rings. The van der Waals surface area contributed by atoms with E-state index in [2.05, 4.69) is 9.21 Å². The molecule has 0 saturated heterocycles. The predicted octanol–water partition coefficient (Wildman–Crippen LogP) is -1.26. The van der Waals surface area contributed by atoms with E-state index in [1.54, 1.807) is 0 Å². The maximum absolute atomic E-state index is 9.49. The van der Waals surface area contributed by atoms with Gasteiger partial charge in [0.05, 0.1) is 0 Å². The summed E-state index contributed by atoms with van der Waals surface area (Å²) in [6, 6.07) is -0.473. The van der Waals surface area contributed by atoms with Crippen LogP contribution in [0.4, 0.5) is 4.79 Å². The van der Waals surface area contributed by atoms with E-state index in [0.717, 1.165) is 0 Å². The molecule has 0 bridgehead atoms. The van der Waals surface area contributed by atoms with Gasteiger partial charge in [-0.25, -0.2) is 0 Å². The average Bonchev–Trinajstić information content (AvgIpc) is 1.38. The van der Waals surface area contributed by atoms with Crippen LogP contribution in [0.2, 0.25) is 0 Å². The van der Waals surface area contributed by atoms with E-state index in [1.807, 2.05) is 0 Å². The molecule has 0 saturated carbocycles. The number of nitrogens with two attached hydrogens (primary N) is 1. The number of carbonyl (C=O) groups excluding carboxylic acids is 1. The zero-order chi connectivity index (χ0) is 4.28. The van der Waals surface area contributed by atoms with Crippen LogP contribution in [-0.2, 0) is 0 Å². The van der Waals surface area contributed by atoms with Gasteiger partial charge in [-0.05, 0) is 0 Å². The van der Waals surface area contributed by atoms with Crippen LogP contribution in [0.3, 0.4) is 0 Å². The molecule has 0 aromatic carbocycles.